The van der Waals surface area contributed by atoms with E-state index in [0.717, 1.165) is 17.3 Å². The summed E-state index contributed by atoms with van der Waals surface area (Å²) in [6, 6.07) is 7.31. The first-order chi connectivity index (χ1) is 16.1. The lowest BCUT2D eigenvalue weighted by Crippen LogP contribution is -2.61. The van der Waals surface area contributed by atoms with E-state index < -0.39 is 53.7 Å². The smallest absolute Gasteiger partial charge is 0.303 e. The number of ether oxygens (including phenoxy) is 6. The Morgan fingerprint density at radius 2 is 1.41 bits per heavy atom. The molecule has 186 valence electrons. The molecule has 0 radical (unpaired) electrons. The minimum Gasteiger partial charge on any atom is -0.497 e. The highest BCUT2D eigenvalue weighted by atomic mass is 32.2. The van der Waals surface area contributed by atoms with Crippen LogP contribution >= 0.6 is 11.8 Å². The molecule has 1 saturated heterocycles. The van der Waals surface area contributed by atoms with Gasteiger partial charge >= 0.3 is 23.9 Å². The van der Waals surface area contributed by atoms with Crippen molar-refractivity contribution in [3.05, 3.63) is 35.2 Å². The van der Waals surface area contributed by atoms with Crippen molar-refractivity contribution in [2.24, 2.45) is 0 Å². The molecule has 1 aromatic carbocycles. The lowest BCUT2D eigenvalue weighted by atomic mass is 9.99. The van der Waals surface area contributed by atoms with Gasteiger partial charge in [0.2, 0.25) is 0 Å². The highest BCUT2D eigenvalue weighted by molar-refractivity contribution is 8.02. The van der Waals surface area contributed by atoms with Crippen molar-refractivity contribution < 1.29 is 47.6 Å². The van der Waals surface area contributed by atoms with Gasteiger partial charge in [-0.3, -0.25) is 19.2 Å². The Morgan fingerprint density at radius 3 is 1.94 bits per heavy atom. The number of carbonyl (C=O) groups excluding carboxylic acids is 4. The minimum absolute atomic E-state index is 0.267. The standard InChI is InChI=1S/C23H28O10S/c1-13(24)29-12-19-20(30-14(2)25)21(31-15(3)26)22(32-16(4)27)23(33-19)34-11-10-17-6-8-18(28-5)9-7-17/h6-11,19-23H,12H2,1-5H3/b11-10-/t19-,20-,21+,22-,23+/m1/s1. The first kappa shape index (κ1) is 27.2. The summed E-state index contributed by atoms with van der Waals surface area (Å²) in [7, 11) is 1.57. The number of carbonyl (C=O) groups is 4. The van der Waals surface area contributed by atoms with Gasteiger partial charge in [-0.25, -0.2) is 0 Å². The van der Waals surface area contributed by atoms with Crippen LogP contribution in [0, 0.1) is 0 Å². The van der Waals surface area contributed by atoms with Gasteiger partial charge in [0.25, 0.3) is 0 Å². The molecule has 1 heterocycles. The van der Waals surface area contributed by atoms with Gasteiger partial charge in [0.05, 0.1) is 7.11 Å². The zero-order valence-electron chi connectivity index (χ0n) is 19.5. The number of rotatable bonds is 9. The van der Waals surface area contributed by atoms with Crippen LogP contribution in [0.4, 0.5) is 0 Å². The average Bonchev–Trinajstić information content (AvgIpc) is 2.75. The SMILES string of the molecule is COc1ccc(/C=C\S[C@@H]2O[C@H](COC(C)=O)[C@@H](OC(C)=O)[C@H](OC(C)=O)[C@H]2OC(C)=O)cc1. The molecule has 0 aliphatic carbocycles. The summed E-state index contributed by atoms with van der Waals surface area (Å²) in [5.74, 6) is -1.85. The maximum absolute atomic E-state index is 11.8. The summed E-state index contributed by atoms with van der Waals surface area (Å²) in [5.41, 5.74) is 0.00838. The normalized spacial score (nSPS) is 24.2. The lowest BCUT2D eigenvalue weighted by Gasteiger charge is -2.43. The third-order valence-electron chi connectivity index (χ3n) is 4.54. The molecule has 1 aromatic rings. The quantitative estimate of drug-likeness (QED) is 0.370. The topological polar surface area (TPSA) is 124 Å². The fourth-order valence-electron chi connectivity index (χ4n) is 3.21. The van der Waals surface area contributed by atoms with Crippen LogP contribution in [0.15, 0.2) is 29.7 Å². The molecule has 1 fully saturated rings. The second kappa shape index (κ2) is 13.0. The second-order valence-electron chi connectivity index (χ2n) is 7.28. The van der Waals surface area contributed by atoms with E-state index in [1.807, 2.05) is 12.1 Å². The first-order valence-electron chi connectivity index (χ1n) is 10.4. The van der Waals surface area contributed by atoms with E-state index in [2.05, 4.69) is 0 Å². The van der Waals surface area contributed by atoms with Gasteiger partial charge in [-0.1, -0.05) is 23.9 Å². The maximum atomic E-state index is 11.8. The zero-order valence-corrected chi connectivity index (χ0v) is 20.4. The molecule has 2 rings (SSSR count). The monoisotopic (exact) mass is 496 g/mol. The molecule has 0 bridgehead atoms. The zero-order chi connectivity index (χ0) is 25.3. The van der Waals surface area contributed by atoms with Crippen LogP contribution in [0.2, 0.25) is 0 Å². The molecule has 0 N–H and O–H groups in total. The van der Waals surface area contributed by atoms with Crippen molar-refractivity contribution in [1.29, 1.82) is 0 Å². The van der Waals surface area contributed by atoms with E-state index in [-0.39, 0.29) is 6.61 Å². The van der Waals surface area contributed by atoms with Crippen molar-refractivity contribution in [3.63, 3.8) is 0 Å². The molecule has 5 atom stereocenters. The van der Waals surface area contributed by atoms with Crippen molar-refractivity contribution in [2.75, 3.05) is 13.7 Å². The predicted molar refractivity (Wildman–Crippen MR) is 122 cm³/mol. The number of methoxy groups -OCH3 is 1. The summed E-state index contributed by atoms with van der Waals surface area (Å²) in [6.07, 6.45) is -2.64. The minimum atomic E-state index is -1.19. The summed E-state index contributed by atoms with van der Waals surface area (Å²) in [4.78, 5) is 46.8. The van der Waals surface area contributed by atoms with Crippen LogP contribution in [0.5, 0.6) is 5.75 Å². The molecule has 34 heavy (non-hydrogen) atoms. The fourth-order valence-corrected chi connectivity index (χ4v) is 4.17. The Kier molecular flexibility index (Phi) is 10.4. The highest BCUT2D eigenvalue weighted by Gasteiger charge is 2.52. The molecule has 0 saturated carbocycles. The number of esters is 4. The van der Waals surface area contributed by atoms with Gasteiger partial charge in [0, 0.05) is 27.7 Å². The average molecular weight is 497 g/mol. The molecular weight excluding hydrogens is 468 g/mol. The second-order valence-corrected chi connectivity index (χ2v) is 8.29. The molecule has 10 nitrogen and oxygen atoms in total. The molecule has 0 amide bonds. The summed E-state index contributed by atoms with van der Waals surface area (Å²) < 4.78 is 32.4. The molecule has 0 spiro atoms. The molecule has 0 aromatic heterocycles. The van der Waals surface area contributed by atoms with E-state index in [4.69, 9.17) is 28.4 Å². The Hall–Kier alpha value is -3.05. The molecular formula is C23H28O10S. The van der Waals surface area contributed by atoms with E-state index in [1.165, 1.54) is 27.7 Å². The van der Waals surface area contributed by atoms with Crippen molar-refractivity contribution in [3.8, 4) is 5.75 Å². The van der Waals surface area contributed by atoms with Gasteiger partial charge in [-0.05, 0) is 29.2 Å². The van der Waals surface area contributed by atoms with Gasteiger partial charge in [-0.15, -0.1) is 0 Å². The van der Waals surface area contributed by atoms with Gasteiger partial charge < -0.3 is 28.4 Å². The summed E-state index contributed by atoms with van der Waals surface area (Å²) in [5, 5.41) is 1.73. The van der Waals surface area contributed by atoms with E-state index in [1.54, 1.807) is 30.7 Å². The van der Waals surface area contributed by atoms with Gasteiger partial charge in [-0.2, -0.15) is 0 Å². The number of thioether (sulfide) groups is 1. The Morgan fingerprint density at radius 1 is 0.853 bits per heavy atom. The van der Waals surface area contributed by atoms with Crippen LogP contribution in [0.25, 0.3) is 6.08 Å². The third-order valence-corrected chi connectivity index (χ3v) is 5.48. The van der Waals surface area contributed by atoms with Crippen LogP contribution in [-0.4, -0.2) is 67.4 Å². The maximum Gasteiger partial charge on any atom is 0.303 e. The first-order valence-corrected chi connectivity index (χ1v) is 11.3. The largest absolute Gasteiger partial charge is 0.497 e. The Labute approximate surface area is 201 Å². The molecule has 1 aliphatic heterocycles. The van der Waals surface area contributed by atoms with Crippen molar-refractivity contribution in [2.45, 2.75) is 57.5 Å². The molecule has 1 aliphatic rings. The van der Waals surface area contributed by atoms with Gasteiger partial charge in [0.15, 0.2) is 18.3 Å². The van der Waals surface area contributed by atoms with Crippen molar-refractivity contribution >= 4 is 41.7 Å². The number of hydrogen-bond acceptors (Lipinski definition) is 11. The van der Waals surface area contributed by atoms with Gasteiger partial charge in [0.1, 0.15) is 23.9 Å². The lowest BCUT2D eigenvalue weighted by molar-refractivity contribution is -0.237. The summed E-state index contributed by atoms with van der Waals surface area (Å²) in [6.45, 7) is 4.51. The summed E-state index contributed by atoms with van der Waals surface area (Å²) >= 11 is 1.16. The van der Waals surface area contributed by atoms with E-state index in [9.17, 15) is 19.2 Å². The van der Waals surface area contributed by atoms with Crippen LogP contribution < -0.4 is 4.74 Å². The Balaban J connectivity index is 2.34. The fraction of sp³-hybridized carbons (Fsp3) is 0.478. The number of hydrogen-bond donors (Lipinski definition) is 0. The molecule has 11 heteroatoms. The Bertz CT molecular complexity index is 898. The van der Waals surface area contributed by atoms with Crippen LogP contribution in [0.3, 0.4) is 0 Å². The van der Waals surface area contributed by atoms with E-state index in [0.29, 0.717) is 5.75 Å². The van der Waals surface area contributed by atoms with E-state index >= 15 is 0 Å². The predicted octanol–water partition coefficient (Wildman–Crippen LogP) is 2.48. The van der Waals surface area contributed by atoms with Crippen LogP contribution in [-0.2, 0) is 42.9 Å². The number of benzene rings is 1. The molecule has 0 unspecified atom stereocenters. The highest BCUT2D eigenvalue weighted by Crippen LogP contribution is 2.35. The van der Waals surface area contributed by atoms with Crippen LogP contribution in [0.1, 0.15) is 33.3 Å². The third kappa shape index (κ3) is 8.38. The van der Waals surface area contributed by atoms with Crippen molar-refractivity contribution in [1.82, 2.24) is 0 Å².